The van der Waals surface area contributed by atoms with Gasteiger partial charge in [-0.05, 0) is 42.0 Å². The monoisotopic (exact) mass is 750 g/mol. The predicted molar refractivity (Wildman–Crippen MR) is 210 cm³/mol. The summed E-state index contributed by atoms with van der Waals surface area (Å²) in [5.74, 6) is 2.20. The number of benzene rings is 1. The van der Waals surface area contributed by atoms with Crippen LogP contribution in [0.25, 0.3) is 32.4 Å². The molecular formula is C38H42N10O3S2. The minimum atomic E-state index is 0.517. The zero-order valence-electron chi connectivity index (χ0n) is 29.6. The maximum absolute atomic E-state index is 5.95. The first-order valence-electron chi connectivity index (χ1n) is 17.7. The van der Waals surface area contributed by atoms with Crippen LogP contribution in [0.3, 0.4) is 0 Å². The molecule has 0 radical (unpaired) electrons. The van der Waals surface area contributed by atoms with Crippen molar-refractivity contribution >= 4 is 44.2 Å². The van der Waals surface area contributed by atoms with Gasteiger partial charge in [0, 0.05) is 104 Å². The molecule has 9 rings (SSSR count). The smallest absolute Gasteiger partial charge is 0.194 e. The summed E-state index contributed by atoms with van der Waals surface area (Å²) in [4.78, 5) is 25.1. The molecule has 0 aliphatic carbocycles. The zero-order chi connectivity index (χ0) is 36.0. The van der Waals surface area contributed by atoms with Gasteiger partial charge in [-0.3, -0.25) is 18.6 Å². The summed E-state index contributed by atoms with van der Waals surface area (Å²) in [6.45, 7) is 9.66. The number of thiazole rings is 2. The van der Waals surface area contributed by atoms with E-state index in [0.717, 1.165) is 115 Å². The molecule has 0 amide bonds. The Morgan fingerprint density at radius 3 is 1.85 bits per heavy atom. The highest BCUT2D eigenvalue weighted by Gasteiger charge is 2.18. The highest BCUT2D eigenvalue weighted by molar-refractivity contribution is 7.15. The second-order valence-electron chi connectivity index (χ2n) is 12.8. The second kappa shape index (κ2) is 16.4. The van der Waals surface area contributed by atoms with Gasteiger partial charge in [-0.25, -0.2) is 19.9 Å². The van der Waals surface area contributed by atoms with Gasteiger partial charge in [-0.1, -0.05) is 12.1 Å². The average Bonchev–Trinajstić information content (AvgIpc) is 3.99. The van der Waals surface area contributed by atoms with Crippen molar-refractivity contribution in [3.8, 4) is 28.3 Å². The van der Waals surface area contributed by atoms with Gasteiger partial charge in [0.1, 0.15) is 17.4 Å². The van der Waals surface area contributed by atoms with Crippen LogP contribution in [0, 0.1) is 0 Å². The molecule has 53 heavy (non-hydrogen) atoms. The Hall–Kier alpha value is -4.90. The van der Waals surface area contributed by atoms with Gasteiger partial charge in [0.2, 0.25) is 0 Å². The van der Waals surface area contributed by atoms with E-state index in [4.69, 9.17) is 24.9 Å². The van der Waals surface area contributed by atoms with E-state index < -0.39 is 0 Å². The van der Waals surface area contributed by atoms with Gasteiger partial charge < -0.3 is 25.3 Å². The number of pyridine rings is 2. The van der Waals surface area contributed by atoms with Crippen molar-refractivity contribution in [3.05, 3.63) is 101 Å². The summed E-state index contributed by atoms with van der Waals surface area (Å²) in [6, 6.07) is 15.9. The number of hydrogen-bond acceptors (Lipinski definition) is 13. The van der Waals surface area contributed by atoms with E-state index in [-0.39, 0.29) is 0 Å². The average molecular weight is 751 g/mol. The lowest BCUT2D eigenvalue weighted by atomic mass is 10.2. The van der Waals surface area contributed by atoms with Crippen LogP contribution in [0.4, 0.5) is 11.6 Å². The van der Waals surface area contributed by atoms with E-state index in [0.29, 0.717) is 12.4 Å². The number of nitrogens with one attached hydrogen (secondary N) is 1. The highest BCUT2D eigenvalue weighted by atomic mass is 32.1. The van der Waals surface area contributed by atoms with Crippen LogP contribution in [0.2, 0.25) is 0 Å². The third-order valence-electron chi connectivity index (χ3n) is 9.36. The molecule has 8 heterocycles. The van der Waals surface area contributed by atoms with Gasteiger partial charge in [0.05, 0.1) is 44.9 Å². The van der Waals surface area contributed by atoms with E-state index in [9.17, 15) is 0 Å². The fourth-order valence-corrected chi connectivity index (χ4v) is 8.17. The number of imidazole rings is 2. The summed E-state index contributed by atoms with van der Waals surface area (Å²) in [6.07, 6.45) is 7.68. The van der Waals surface area contributed by atoms with E-state index in [2.05, 4.69) is 80.2 Å². The largest absolute Gasteiger partial charge is 0.497 e. The first kappa shape index (κ1) is 35.1. The number of nitrogens with two attached hydrogens (primary N) is 1. The summed E-state index contributed by atoms with van der Waals surface area (Å²) in [5, 5.41) is 7.84. The number of anilines is 2. The highest BCUT2D eigenvalue weighted by Crippen LogP contribution is 2.30. The Morgan fingerprint density at radius 1 is 0.736 bits per heavy atom. The van der Waals surface area contributed by atoms with Crippen LogP contribution in [0.15, 0.2) is 84.1 Å². The van der Waals surface area contributed by atoms with E-state index in [1.54, 1.807) is 36.0 Å². The zero-order valence-corrected chi connectivity index (χ0v) is 31.2. The molecule has 1 aromatic carbocycles. The van der Waals surface area contributed by atoms with Crippen molar-refractivity contribution < 1.29 is 14.2 Å². The minimum Gasteiger partial charge on any atom is -0.497 e. The van der Waals surface area contributed by atoms with Crippen LogP contribution in [0.1, 0.15) is 17.0 Å². The molecule has 0 spiro atoms. The lowest BCUT2D eigenvalue weighted by Crippen LogP contribution is -2.35. The Labute approximate surface area is 315 Å². The summed E-state index contributed by atoms with van der Waals surface area (Å²) < 4.78 is 20.5. The van der Waals surface area contributed by atoms with Crippen molar-refractivity contribution in [2.75, 3.05) is 70.8 Å². The Morgan fingerprint density at radius 2 is 1.28 bits per heavy atom. The van der Waals surface area contributed by atoms with Crippen LogP contribution < -0.4 is 15.8 Å². The third-order valence-corrected chi connectivity index (χ3v) is 11.1. The molecule has 274 valence electrons. The number of morpholine rings is 2. The quantitative estimate of drug-likeness (QED) is 0.176. The normalized spacial score (nSPS) is 15.4. The van der Waals surface area contributed by atoms with Crippen LogP contribution in [0.5, 0.6) is 5.75 Å². The first-order chi connectivity index (χ1) is 26.1. The standard InChI is InChI=1S/C23H25N5O2S.C15H17N5OS/c1-29-19-6-4-17(5-7-19)13-25-22-20(3-2-8-24-22)21-15-28-18(16-31-23(28)26-21)14-27-9-11-30-12-10-27;16-14-12(2-1-3-17-14)13-9-20-11(10-22-15(20)18-13)8-19-4-6-21-7-5-19/h2-8,15-16H,9-14H2,1H3,(H,24,25);1-3,9-10H,4-8H2,(H2,16,17). The second-order valence-corrected chi connectivity index (χ2v) is 14.5. The molecule has 3 N–H and O–H groups in total. The SMILES string of the molecule is COc1ccc(CNc2ncccc2-c2cn3c(CN4CCOCC4)csc3n2)cc1.Nc1ncccc1-c1cn2c(CN3CCOCC3)csc2n1. The number of rotatable bonds is 10. The molecule has 0 saturated carbocycles. The van der Waals surface area contributed by atoms with Gasteiger partial charge in [0.15, 0.2) is 9.92 Å². The van der Waals surface area contributed by atoms with E-state index in [1.165, 1.54) is 11.4 Å². The molecule has 2 fully saturated rings. The Balaban J connectivity index is 0.000000160. The lowest BCUT2D eigenvalue weighted by molar-refractivity contribution is 0.0335. The van der Waals surface area contributed by atoms with Gasteiger partial charge in [-0.2, -0.15) is 0 Å². The molecule has 2 aliphatic rings. The number of nitrogens with zero attached hydrogens (tertiary/aromatic N) is 8. The van der Waals surface area contributed by atoms with Crippen molar-refractivity contribution in [2.45, 2.75) is 19.6 Å². The fraction of sp³-hybridized carbons (Fsp3) is 0.316. The number of aromatic nitrogens is 6. The van der Waals surface area contributed by atoms with Crippen LogP contribution >= 0.6 is 22.7 Å². The molecular weight excluding hydrogens is 709 g/mol. The first-order valence-corrected chi connectivity index (χ1v) is 19.4. The van der Waals surface area contributed by atoms with Crippen molar-refractivity contribution in [1.29, 1.82) is 0 Å². The van der Waals surface area contributed by atoms with Gasteiger partial charge >= 0.3 is 0 Å². The molecule has 6 aromatic heterocycles. The number of methoxy groups -OCH3 is 1. The number of ether oxygens (including phenoxy) is 3. The van der Waals surface area contributed by atoms with E-state index >= 15 is 0 Å². The minimum absolute atomic E-state index is 0.517. The predicted octanol–water partition coefficient (Wildman–Crippen LogP) is 5.78. The van der Waals surface area contributed by atoms with Crippen LogP contribution in [-0.4, -0.2) is 98.3 Å². The topological polar surface area (TPSA) is 133 Å². The maximum atomic E-state index is 5.95. The van der Waals surface area contributed by atoms with Gasteiger partial charge in [-0.15, -0.1) is 22.7 Å². The number of hydrogen-bond donors (Lipinski definition) is 2. The van der Waals surface area contributed by atoms with E-state index in [1.807, 2.05) is 36.5 Å². The Bertz CT molecular complexity index is 2250. The van der Waals surface area contributed by atoms with Crippen molar-refractivity contribution in [3.63, 3.8) is 0 Å². The summed E-state index contributed by atoms with van der Waals surface area (Å²) in [7, 11) is 1.68. The fourth-order valence-electron chi connectivity index (χ4n) is 6.44. The molecule has 13 nitrogen and oxygen atoms in total. The van der Waals surface area contributed by atoms with Crippen LogP contribution in [-0.2, 0) is 29.1 Å². The molecule has 2 saturated heterocycles. The summed E-state index contributed by atoms with van der Waals surface area (Å²) in [5.41, 5.74) is 13.3. The van der Waals surface area contributed by atoms with Crippen molar-refractivity contribution in [1.82, 2.24) is 38.5 Å². The number of fused-ring (bicyclic) bond motifs is 2. The molecule has 2 aliphatic heterocycles. The third kappa shape index (κ3) is 8.20. The molecule has 7 aromatic rings. The molecule has 0 bridgehead atoms. The van der Waals surface area contributed by atoms with Crippen molar-refractivity contribution in [2.24, 2.45) is 0 Å². The number of nitrogen functional groups attached to an aromatic ring is 1. The summed E-state index contributed by atoms with van der Waals surface area (Å²) >= 11 is 3.34. The lowest BCUT2D eigenvalue weighted by Gasteiger charge is -2.26. The maximum Gasteiger partial charge on any atom is 0.194 e. The van der Waals surface area contributed by atoms with Gasteiger partial charge in [0.25, 0.3) is 0 Å². The Kier molecular flexibility index (Phi) is 10.9. The molecule has 0 atom stereocenters. The molecule has 0 unspecified atom stereocenters. The molecule has 15 heteroatoms.